The summed E-state index contributed by atoms with van der Waals surface area (Å²) in [7, 11) is 0. The van der Waals surface area contributed by atoms with Crippen LogP contribution in [0.4, 0.5) is 4.39 Å². The van der Waals surface area contributed by atoms with Gasteiger partial charge < -0.3 is 14.7 Å². The number of likely N-dealkylation sites (tertiary alicyclic amines) is 1. The van der Waals surface area contributed by atoms with Gasteiger partial charge in [-0.1, -0.05) is 17.3 Å². The summed E-state index contributed by atoms with van der Waals surface area (Å²) in [5, 5.41) is 8.61. The molecule has 3 heterocycles. The molecular formula is C20H19FN4O3S. The van der Waals surface area contributed by atoms with Gasteiger partial charge in [-0.3, -0.25) is 9.59 Å². The number of aromatic nitrogens is 2. The number of rotatable bonds is 6. The van der Waals surface area contributed by atoms with Gasteiger partial charge in [0.05, 0.1) is 11.4 Å². The fourth-order valence-corrected chi connectivity index (χ4v) is 4.10. The number of amides is 2. The van der Waals surface area contributed by atoms with Gasteiger partial charge in [-0.05, 0) is 41.6 Å². The Hall–Kier alpha value is -3.07. The fraction of sp³-hybridized carbons (Fsp3) is 0.300. The second kappa shape index (κ2) is 8.12. The molecule has 2 aromatic heterocycles. The third kappa shape index (κ3) is 4.34. The fourth-order valence-electron chi connectivity index (χ4n) is 3.26. The number of aryl methyl sites for hydroxylation is 1. The lowest BCUT2D eigenvalue weighted by atomic mass is 10.1. The quantitative estimate of drug-likeness (QED) is 0.670. The summed E-state index contributed by atoms with van der Waals surface area (Å²) in [6.07, 6.45) is 0.293. The zero-order chi connectivity index (χ0) is 20.4. The van der Waals surface area contributed by atoms with Crippen molar-refractivity contribution in [1.82, 2.24) is 20.4 Å². The van der Waals surface area contributed by atoms with Crippen molar-refractivity contribution in [3.05, 3.63) is 69.2 Å². The summed E-state index contributed by atoms with van der Waals surface area (Å²) in [6.45, 7) is 2.89. The van der Waals surface area contributed by atoms with Crippen molar-refractivity contribution in [3.63, 3.8) is 0 Å². The molecule has 0 aliphatic carbocycles. The molecule has 1 N–H and O–H groups in total. The molecule has 2 amide bonds. The van der Waals surface area contributed by atoms with Crippen molar-refractivity contribution in [2.24, 2.45) is 0 Å². The predicted octanol–water partition coefficient (Wildman–Crippen LogP) is 3.02. The molecule has 150 valence electrons. The van der Waals surface area contributed by atoms with Gasteiger partial charge >= 0.3 is 0 Å². The van der Waals surface area contributed by atoms with E-state index in [1.165, 1.54) is 23.5 Å². The van der Waals surface area contributed by atoms with Crippen molar-refractivity contribution in [1.29, 1.82) is 0 Å². The van der Waals surface area contributed by atoms with E-state index in [0.29, 0.717) is 36.1 Å². The Morgan fingerprint density at radius 2 is 2.14 bits per heavy atom. The van der Waals surface area contributed by atoms with Crippen LogP contribution in [-0.4, -0.2) is 33.4 Å². The Labute approximate surface area is 170 Å². The largest absolute Gasteiger partial charge is 0.342 e. The van der Waals surface area contributed by atoms with Crippen LogP contribution in [-0.2, 0) is 17.9 Å². The first-order valence-corrected chi connectivity index (χ1v) is 10.0. The first-order valence-electron chi connectivity index (χ1n) is 9.16. The average molecular weight is 414 g/mol. The Kier molecular flexibility index (Phi) is 5.39. The van der Waals surface area contributed by atoms with E-state index in [9.17, 15) is 14.0 Å². The van der Waals surface area contributed by atoms with Gasteiger partial charge in [0.2, 0.25) is 11.8 Å². The van der Waals surface area contributed by atoms with Crippen LogP contribution in [0.2, 0.25) is 0 Å². The molecule has 3 aromatic rings. The van der Waals surface area contributed by atoms with Crippen molar-refractivity contribution >= 4 is 23.2 Å². The van der Waals surface area contributed by atoms with Gasteiger partial charge in [-0.25, -0.2) is 4.39 Å². The first kappa shape index (κ1) is 19.3. The van der Waals surface area contributed by atoms with Crippen molar-refractivity contribution in [2.75, 3.05) is 6.54 Å². The van der Waals surface area contributed by atoms with Crippen LogP contribution >= 0.6 is 11.3 Å². The highest BCUT2D eigenvalue weighted by atomic mass is 32.1. The molecule has 1 aliphatic heterocycles. The van der Waals surface area contributed by atoms with E-state index in [1.807, 2.05) is 18.4 Å². The van der Waals surface area contributed by atoms with E-state index in [0.717, 1.165) is 11.1 Å². The number of carbonyl (C=O) groups excluding carboxylic acids is 2. The smallest absolute Gasteiger partial charge is 0.262 e. The molecule has 29 heavy (non-hydrogen) atoms. The lowest BCUT2D eigenvalue weighted by Gasteiger charge is -2.16. The van der Waals surface area contributed by atoms with Crippen molar-refractivity contribution < 1.29 is 18.5 Å². The van der Waals surface area contributed by atoms with Crippen LogP contribution in [0.1, 0.15) is 44.9 Å². The number of carbonyl (C=O) groups is 2. The van der Waals surface area contributed by atoms with E-state index in [1.54, 1.807) is 17.0 Å². The third-order valence-corrected chi connectivity index (χ3v) is 5.83. The van der Waals surface area contributed by atoms with E-state index in [4.69, 9.17) is 4.52 Å². The number of hydrogen-bond acceptors (Lipinski definition) is 6. The molecule has 1 unspecified atom stereocenters. The van der Waals surface area contributed by atoms with Gasteiger partial charge in [0.1, 0.15) is 5.82 Å². The summed E-state index contributed by atoms with van der Waals surface area (Å²) in [5.41, 5.74) is 1.78. The van der Waals surface area contributed by atoms with Crippen molar-refractivity contribution in [3.8, 4) is 0 Å². The monoisotopic (exact) mass is 414 g/mol. The van der Waals surface area contributed by atoms with Gasteiger partial charge in [-0.15, -0.1) is 11.3 Å². The van der Waals surface area contributed by atoms with Crippen molar-refractivity contribution in [2.45, 2.75) is 32.4 Å². The lowest BCUT2D eigenvalue weighted by Crippen LogP contribution is -2.24. The van der Waals surface area contributed by atoms with Crippen LogP contribution in [0.3, 0.4) is 0 Å². The minimum atomic E-state index is -0.306. The molecule has 4 rings (SSSR count). The van der Waals surface area contributed by atoms with E-state index < -0.39 is 0 Å². The Morgan fingerprint density at radius 3 is 2.86 bits per heavy atom. The predicted molar refractivity (Wildman–Crippen MR) is 104 cm³/mol. The van der Waals surface area contributed by atoms with Gasteiger partial charge in [0.15, 0.2) is 5.82 Å². The minimum Gasteiger partial charge on any atom is -0.342 e. The van der Waals surface area contributed by atoms with E-state index in [-0.39, 0.29) is 30.1 Å². The maximum Gasteiger partial charge on any atom is 0.262 e. The Morgan fingerprint density at radius 1 is 1.34 bits per heavy atom. The zero-order valence-electron chi connectivity index (χ0n) is 15.7. The van der Waals surface area contributed by atoms with Crippen LogP contribution in [0.25, 0.3) is 0 Å². The third-order valence-electron chi connectivity index (χ3n) is 4.82. The second-order valence-corrected chi connectivity index (χ2v) is 7.88. The lowest BCUT2D eigenvalue weighted by molar-refractivity contribution is -0.128. The molecule has 1 atom stereocenters. The minimum absolute atomic E-state index is 0.00727. The Bertz CT molecular complexity index is 1030. The molecule has 7 nitrogen and oxygen atoms in total. The molecular weight excluding hydrogens is 395 g/mol. The number of thiophene rings is 1. The van der Waals surface area contributed by atoms with Crippen LogP contribution < -0.4 is 5.32 Å². The molecule has 0 spiro atoms. The van der Waals surface area contributed by atoms with Crippen LogP contribution in [0.15, 0.2) is 40.2 Å². The number of halogens is 1. The molecule has 9 heteroatoms. The first-order chi connectivity index (χ1) is 14.0. The summed E-state index contributed by atoms with van der Waals surface area (Å²) in [4.78, 5) is 31.2. The highest BCUT2D eigenvalue weighted by molar-refractivity contribution is 7.12. The van der Waals surface area contributed by atoms with E-state index in [2.05, 4.69) is 15.5 Å². The topological polar surface area (TPSA) is 88.3 Å². The zero-order valence-corrected chi connectivity index (χ0v) is 16.5. The van der Waals surface area contributed by atoms with Gasteiger partial charge in [-0.2, -0.15) is 4.98 Å². The van der Waals surface area contributed by atoms with Crippen LogP contribution in [0.5, 0.6) is 0 Å². The SMILES string of the molecule is Cc1ccsc1C(=O)NCc1nc(C2CC(=O)N(Cc3ccc(F)cc3)C2)no1. The molecule has 1 fully saturated rings. The molecule has 1 saturated heterocycles. The molecule has 0 saturated carbocycles. The van der Waals surface area contributed by atoms with Gasteiger partial charge in [0.25, 0.3) is 5.91 Å². The number of hydrogen-bond donors (Lipinski definition) is 1. The number of benzene rings is 1. The normalized spacial score (nSPS) is 16.4. The summed E-state index contributed by atoms with van der Waals surface area (Å²) < 4.78 is 18.3. The number of nitrogens with zero attached hydrogens (tertiary/aromatic N) is 3. The average Bonchev–Trinajstić information content (AvgIpc) is 3.42. The highest BCUT2D eigenvalue weighted by Crippen LogP contribution is 2.27. The standard InChI is InChI=1S/C20H19FN4O3S/c1-12-6-7-29-18(12)20(27)22-9-16-23-19(24-28-16)14-8-17(26)25(11-14)10-13-2-4-15(21)5-3-13/h2-7,14H,8-11H2,1H3,(H,22,27). The maximum absolute atomic E-state index is 13.0. The van der Waals surface area contributed by atoms with Crippen LogP contribution in [0, 0.1) is 12.7 Å². The second-order valence-electron chi connectivity index (χ2n) is 6.96. The molecule has 1 aromatic carbocycles. The molecule has 0 radical (unpaired) electrons. The molecule has 1 aliphatic rings. The maximum atomic E-state index is 13.0. The van der Waals surface area contributed by atoms with E-state index >= 15 is 0 Å². The summed E-state index contributed by atoms with van der Waals surface area (Å²) in [6, 6.07) is 7.98. The Balaban J connectivity index is 1.34. The highest BCUT2D eigenvalue weighted by Gasteiger charge is 2.33. The number of nitrogens with one attached hydrogen (secondary N) is 1. The summed E-state index contributed by atoms with van der Waals surface area (Å²) >= 11 is 1.38. The molecule has 0 bridgehead atoms. The summed E-state index contributed by atoms with van der Waals surface area (Å²) in [5.74, 6) is 0.0881. The van der Waals surface area contributed by atoms with Gasteiger partial charge in [0, 0.05) is 25.4 Å².